The SMILES string of the molecule is O=C1CCc2ccccc2CC1Br. The molecule has 0 heterocycles. The number of fused-ring (bicyclic) bond motifs is 1. The molecule has 0 radical (unpaired) electrons. The fourth-order valence-electron chi connectivity index (χ4n) is 1.72. The maximum absolute atomic E-state index is 11.4. The molecule has 68 valence electrons. The molecule has 1 atom stereocenters. The van der Waals surface area contributed by atoms with Gasteiger partial charge >= 0.3 is 0 Å². The molecule has 2 heteroatoms. The summed E-state index contributed by atoms with van der Waals surface area (Å²) < 4.78 is 0. The van der Waals surface area contributed by atoms with E-state index >= 15 is 0 Å². The van der Waals surface area contributed by atoms with Crippen molar-refractivity contribution in [1.82, 2.24) is 0 Å². The zero-order valence-corrected chi connectivity index (χ0v) is 8.88. The molecule has 1 aromatic rings. The van der Waals surface area contributed by atoms with Crippen molar-refractivity contribution in [2.24, 2.45) is 0 Å². The quantitative estimate of drug-likeness (QED) is 0.502. The van der Waals surface area contributed by atoms with E-state index in [1.807, 2.05) is 12.1 Å². The van der Waals surface area contributed by atoms with E-state index in [0.717, 1.165) is 12.8 Å². The van der Waals surface area contributed by atoms with Crippen LogP contribution >= 0.6 is 15.9 Å². The number of hydrogen-bond acceptors (Lipinski definition) is 1. The lowest BCUT2D eigenvalue weighted by Crippen LogP contribution is -2.13. The van der Waals surface area contributed by atoms with E-state index in [4.69, 9.17) is 0 Å². The van der Waals surface area contributed by atoms with Crippen LogP contribution in [0.4, 0.5) is 0 Å². The fraction of sp³-hybridized carbons (Fsp3) is 0.364. The van der Waals surface area contributed by atoms with E-state index in [1.165, 1.54) is 11.1 Å². The average Bonchev–Trinajstić information content (AvgIpc) is 2.28. The van der Waals surface area contributed by atoms with E-state index in [1.54, 1.807) is 0 Å². The predicted molar refractivity (Wildman–Crippen MR) is 56.2 cm³/mol. The number of halogens is 1. The molecule has 0 bridgehead atoms. The molecule has 0 spiro atoms. The van der Waals surface area contributed by atoms with Gasteiger partial charge in [0.2, 0.25) is 0 Å². The van der Waals surface area contributed by atoms with Gasteiger partial charge in [0.05, 0.1) is 4.83 Å². The molecule has 0 N–H and O–H groups in total. The Kier molecular flexibility index (Phi) is 2.49. The summed E-state index contributed by atoms with van der Waals surface area (Å²) in [6.07, 6.45) is 2.42. The smallest absolute Gasteiger partial charge is 0.147 e. The molecule has 1 aliphatic rings. The first-order valence-electron chi connectivity index (χ1n) is 4.51. The molecule has 0 fully saturated rings. The van der Waals surface area contributed by atoms with Crippen molar-refractivity contribution < 1.29 is 4.79 Å². The maximum Gasteiger partial charge on any atom is 0.147 e. The third kappa shape index (κ3) is 1.83. The second-order valence-electron chi connectivity index (χ2n) is 3.41. The second kappa shape index (κ2) is 3.62. The number of carbonyl (C=O) groups excluding carboxylic acids is 1. The highest BCUT2D eigenvalue weighted by Crippen LogP contribution is 2.22. The second-order valence-corrected chi connectivity index (χ2v) is 4.51. The highest BCUT2D eigenvalue weighted by Gasteiger charge is 2.20. The van der Waals surface area contributed by atoms with Crippen molar-refractivity contribution in [3.05, 3.63) is 35.4 Å². The summed E-state index contributed by atoms with van der Waals surface area (Å²) in [4.78, 5) is 11.5. The Balaban J connectivity index is 2.35. The van der Waals surface area contributed by atoms with Crippen molar-refractivity contribution >= 4 is 21.7 Å². The van der Waals surface area contributed by atoms with Crippen LogP contribution in [0.5, 0.6) is 0 Å². The number of benzene rings is 1. The summed E-state index contributed by atoms with van der Waals surface area (Å²) in [6.45, 7) is 0. The van der Waals surface area contributed by atoms with Gasteiger partial charge in [0.1, 0.15) is 5.78 Å². The molecular weight excluding hydrogens is 228 g/mol. The number of aryl methyl sites for hydroxylation is 1. The molecule has 1 nitrogen and oxygen atoms in total. The van der Waals surface area contributed by atoms with Crippen molar-refractivity contribution in [2.45, 2.75) is 24.1 Å². The molecule has 0 aromatic heterocycles. The Hall–Kier alpha value is -0.630. The maximum atomic E-state index is 11.4. The molecule has 0 saturated carbocycles. The lowest BCUT2D eigenvalue weighted by Gasteiger charge is -2.05. The summed E-state index contributed by atoms with van der Waals surface area (Å²) in [5.41, 5.74) is 2.65. The molecule has 1 unspecified atom stereocenters. The van der Waals surface area contributed by atoms with Gasteiger partial charge in [0.15, 0.2) is 0 Å². The van der Waals surface area contributed by atoms with Crippen LogP contribution in [0.3, 0.4) is 0 Å². The summed E-state index contributed by atoms with van der Waals surface area (Å²) in [5, 5.41) is 0. The third-order valence-electron chi connectivity index (χ3n) is 2.51. The Morgan fingerprint density at radius 1 is 1.15 bits per heavy atom. The van der Waals surface area contributed by atoms with Gasteiger partial charge in [-0.1, -0.05) is 40.2 Å². The summed E-state index contributed by atoms with van der Waals surface area (Å²) >= 11 is 3.42. The number of carbonyl (C=O) groups is 1. The standard InChI is InChI=1S/C11H11BrO/c12-10-7-9-4-2-1-3-8(9)5-6-11(10)13/h1-4,10H,5-7H2. The van der Waals surface area contributed by atoms with Crippen molar-refractivity contribution in [3.63, 3.8) is 0 Å². The fourth-order valence-corrected chi connectivity index (χ4v) is 2.30. The third-order valence-corrected chi connectivity index (χ3v) is 3.34. The molecular formula is C11H11BrO. The van der Waals surface area contributed by atoms with Gasteiger partial charge in [-0.05, 0) is 24.0 Å². The Morgan fingerprint density at radius 2 is 1.85 bits per heavy atom. The highest BCUT2D eigenvalue weighted by atomic mass is 79.9. The number of rotatable bonds is 0. The van der Waals surface area contributed by atoms with Crippen LogP contribution in [-0.4, -0.2) is 10.6 Å². The Bertz CT molecular complexity index is 333. The number of ketones is 1. The Morgan fingerprint density at radius 3 is 2.62 bits per heavy atom. The molecule has 0 saturated heterocycles. The summed E-state index contributed by atoms with van der Waals surface area (Å²) in [5.74, 6) is 0.330. The van der Waals surface area contributed by atoms with Gasteiger partial charge in [-0.2, -0.15) is 0 Å². The van der Waals surface area contributed by atoms with E-state index in [2.05, 4.69) is 28.1 Å². The lowest BCUT2D eigenvalue weighted by atomic mass is 10.0. The highest BCUT2D eigenvalue weighted by molar-refractivity contribution is 9.10. The van der Waals surface area contributed by atoms with Crippen LogP contribution in [0.1, 0.15) is 17.5 Å². The monoisotopic (exact) mass is 238 g/mol. The van der Waals surface area contributed by atoms with Crippen LogP contribution in [0.25, 0.3) is 0 Å². The summed E-state index contributed by atoms with van der Waals surface area (Å²) in [7, 11) is 0. The largest absolute Gasteiger partial charge is 0.298 e. The zero-order chi connectivity index (χ0) is 9.26. The molecule has 1 aliphatic carbocycles. The molecule has 2 rings (SSSR count). The van der Waals surface area contributed by atoms with E-state index < -0.39 is 0 Å². The minimum atomic E-state index is 0.0242. The molecule has 13 heavy (non-hydrogen) atoms. The van der Waals surface area contributed by atoms with Crippen LogP contribution in [-0.2, 0) is 17.6 Å². The van der Waals surface area contributed by atoms with Crippen molar-refractivity contribution in [3.8, 4) is 0 Å². The average molecular weight is 239 g/mol. The first kappa shape index (κ1) is 8.95. The number of hydrogen-bond donors (Lipinski definition) is 0. The van der Waals surface area contributed by atoms with E-state index in [0.29, 0.717) is 12.2 Å². The van der Waals surface area contributed by atoms with Gasteiger partial charge in [-0.3, -0.25) is 4.79 Å². The van der Waals surface area contributed by atoms with Gasteiger partial charge in [0, 0.05) is 6.42 Å². The van der Waals surface area contributed by atoms with Crippen LogP contribution in [0.15, 0.2) is 24.3 Å². The predicted octanol–water partition coefficient (Wildman–Crippen LogP) is 2.51. The van der Waals surface area contributed by atoms with Gasteiger partial charge < -0.3 is 0 Å². The van der Waals surface area contributed by atoms with Gasteiger partial charge in [0.25, 0.3) is 0 Å². The van der Waals surface area contributed by atoms with Crippen LogP contribution in [0, 0.1) is 0 Å². The normalized spacial score (nSPS) is 22.2. The number of alkyl halides is 1. The van der Waals surface area contributed by atoms with Crippen LogP contribution in [0.2, 0.25) is 0 Å². The first-order valence-corrected chi connectivity index (χ1v) is 5.42. The minimum Gasteiger partial charge on any atom is -0.298 e. The van der Waals surface area contributed by atoms with E-state index in [9.17, 15) is 4.79 Å². The number of Topliss-reactive ketones (excluding diaryl/α,β-unsaturated/α-hetero) is 1. The molecule has 1 aromatic carbocycles. The van der Waals surface area contributed by atoms with Crippen molar-refractivity contribution in [2.75, 3.05) is 0 Å². The van der Waals surface area contributed by atoms with Gasteiger partial charge in [-0.25, -0.2) is 0 Å². The molecule has 0 aliphatic heterocycles. The lowest BCUT2D eigenvalue weighted by molar-refractivity contribution is -0.118. The minimum absolute atomic E-state index is 0.0242. The molecule has 0 amide bonds. The van der Waals surface area contributed by atoms with E-state index in [-0.39, 0.29) is 4.83 Å². The summed E-state index contributed by atoms with van der Waals surface area (Å²) in [6, 6.07) is 8.31. The van der Waals surface area contributed by atoms with Crippen LogP contribution < -0.4 is 0 Å². The zero-order valence-electron chi connectivity index (χ0n) is 7.29. The van der Waals surface area contributed by atoms with Crippen molar-refractivity contribution in [1.29, 1.82) is 0 Å². The first-order chi connectivity index (χ1) is 6.27. The van der Waals surface area contributed by atoms with Gasteiger partial charge in [-0.15, -0.1) is 0 Å². The topological polar surface area (TPSA) is 17.1 Å². The Labute approximate surface area is 86.3 Å².